The number of amides is 1. The lowest BCUT2D eigenvalue weighted by molar-refractivity contribution is -0.385. The van der Waals surface area contributed by atoms with Gasteiger partial charge in [0.15, 0.2) is 5.82 Å². The van der Waals surface area contributed by atoms with Gasteiger partial charge in [-0.1, -0.05) is 35.9 Å². The normalized spacial score (nSPS) is 10.9. The second-order valence-corrected chi connectivity index (χ2v) is 8.42. The van der Waals surface area contributed by atoms with Crippen molar-refractivity contribution < 1.29 is 14.5 Å². The molecule has 35 heavy (non-hydrogen) atoms. The second kappa shape index (κ2) is 9.76. The third-order valence-electron chi connectivity index (χ3n) is 5.28. The molecule has 0 aliphatic carbocycles. The quantitative estimate of drug-likeness (QED) is 0.281. The van der Waals surface area contributed by atoms with Crippen LogP contribution in [0.15, 0.2) is 66.7 Å². The van der Waals surface area contributed by atoms with Gasteiger partial charge in [0, 0.05) is 28.4 Å². The Kier molecular flexibility index (Phi) is 6.59. The summed E-state index contributed by atoms with van der Waals surface area (Å²) in [6, 6.07) is 19.7. The summed E-state index contributed by atoms with van der Waals surface area (Å²) >= 11 is 0. The van der Waals surface area contributed by atoms with Crippen molar-refractivity contribution >= 4 is 17.3 Å². The minimum Gasteiger partial charge on any atom is -0.460 e. The highest BCUT2D eigenvalue weighted by atomic mass is 16.6. The maximum atomic E-state index is 12.6. The Morgan fingerprint density at radius 1 is 1.03 bits per heavy atom. The molecule has 4 aromatic rings. The largest absolute Gasteiger partial charge is 0.460 e. The van der Waals surface area contributed by atoms with E-state index in [1.807, 2.05) is 45.0 Å². The van der Waals surface area contributed by atoms with Gasteiger partial charge in [-0.2, -0.15) is 4.98 Å². The first kappa shape index (κ1) is 23.6. The van der Waals surface area contributed by atoms with E-state index in [-0.39, 0.29) is 23.4 Å². The number of benzene rings is 3. The zero-order chi connectivity index (χ0) is 25.1. The van der Waals surface area contributed by atoms with E-state index in [1.165, 1.54) is 6.07 Å². The number of ether oxygens (including phenoxy) is 1. The monoisotopic (exact) mass is 471 g/mol. The summed E-state index contributed by atoms with van der Waals surface area (Å²) in [6.07, 6.45) is -0.0769. The predicted molar refractivity (Wildman–Crippen MR) is 133 cm³/mol. The Hall–Kier alpha value is -4.53. The van der Waals surface area contributed by atoms with Crippen LogP contribution in [0.4, 0.5) is 11.4 Å². The van der Waals surface area contributed by atoms with Crippen molar-refractivity contribution in [3.8, 4) is 23.1 Å². The van der Waals surface area contributed by atoms with Crippen LogP contribution >= 0.6 is 0 Å². The Morgan fingerprint density at radius 3 is 2.34 bits per heavy atom. The minimum absolute atomic E-state index is 0.0769. The molecule has 1 N–H and O–H groups in total. The van der Waals surface area contributed by atoms with Crippen LogP contribution in [0.1, 0.15) is 35.3 Å². The Morgan fingerprint density at radius 2 is 1.71 bits per heavy atom. The number of carbonyl (C=O) groups is 1. The maximum Gasteiger partial charge on any atom is 0.336 e. The van der Waals surface area contributed by atoms with E-state index < -0.39 is 10.8 Å². The van der Waals surface area contributed by atoms with Gasteiger partial charge in [0.1, 0.15) is 0 Å². The molecule has 0 saturated carbocycles. The van der Waals surface area contributed by atoms with Gasteiger partial charge in [0.2, 0.25) is 0 Å². The van der Waals surface area contributed by atoms with Crippen molar-refractivity contribution in [1.82, 2.24) is 14.8 Å². The van der Waals surface area contributed by atoms with Crippen molar-refractivity contribution in [2.24, 2.45) is 0 Å². The van der Waals surface area contributed by atoms with Crippen LogP contribution in [0.3, 0.4) is 0 Å². The molecule has 0 aliphatic rings. The summed E-state index contributed by atoms with van der Waals surface area (Å²) in [5.41, 5.74) is 3.90. The van der Waals surface area contributed by atoms with Gasteiger partial charge >= 0.3 is 6.01 Å². The average molecular weight is 472 g/mol. The molecule has 9 heteroatoms. The van der Waals surface area contributed by atoms with Crippen LogP contribution < -0.4 is 10.1 Å². The van der Waals surface area contributed by atoms with Gasteiger partial charge in [-0.25, -0.2) is 4.68 Å². The zero-order valence-electron chi connectivity index (χ0n) is 19.9. The summed E-state index contributed by atoms with van der Waals surface area (Å²) in [5, 5.41) is 18.5. The van der Waals surface area contributed by atoms with Crippen LogP contribution in [-0.4, -0.2) is 31.7 Å². The minimum atomic E-state index is -0.498. The van der Waals surface area contributed by atoms with Crippen molar-refractivity contribution in [1.29, 1.82) is 0 Å². The van der Waals surface area contributed by atoms with Gasteiger partial charge in [0.25, 0.3) is 11.6 Å². The molecule has 0 atom stereocenters. The molecule has 0 unspecified atom stereocenters. The SMILES string of the molecule is Cc1ccc(-c2nc(OC(C)C)nn2-c2ccc(NC(=O)c3ccc(C)c([N+](=O)[O-])c3)cc2)cc1. The molecule has 1 aromatic heterocycles. The molecule has 1 heterocycles. The molecule has 1 amide bonds. The molecular formula is C26H25N5O4. The van der Waals surface area contributed by atoms with Crippen LogP contribution in [0.5, 0.6) is 6.01 Å². The van der Waals surface area contributed by atoms with Crippen molar-refractivity contribution in [3.63, 3.8) is 0 Å². The van der Waals surface area contributed by atoms with Crippen molar-refractivity contribution in [2.75, 3.05) is 5.32 Å². The van der Waals surface area contributed by atoms with Crippen molar-refractivity contribution in [2.45, 2.75) is 33.8 Å². The van der Waals surface area contributed by atoms with Crippen LogP contribution in [0, 0.1) is 24.0 Å². The Balaban J connectivity index is 1.60. The van der Waals surface area contributed by atoms with Crippen LogP contribution in [0.25, 0.3) is 17.1 Å². The smallest absolute Gasteiger partial charge is 0.336 e. The van der Waals surface area contributed by atoms with Crippen LogP contribution in [0.2, 0.25) is 0 Å². The molecule has 0 radical (unpaired) electrons. The van der Waals surface area contributed by atoms with E-state index in [0.29, 0.717) is 17.1 Å². The number of nitro benzene ring substituents is 1. The maximum absolute atomic E-state index is 12.6. The number of hydrogen-bond donors (Lipinski definition) is 1. The van der Waals surface area contributed by atoms with Crippen molar-refractivity contribution in [3.05, 3.63) is 93.5 Å². The third kappa shape index (κ3) is 5.35. The van der Waals surface area contributed by atoms with Gasteiger partial charge in [-0.3, -0.25) is 14.9 Å². The first-order chi connectivity index (χ1) is 16.7. The Labute approximate surface area is 202 Å². The first-order valence-electron chi connectivity index (χ1n) is 11.1. The Bertz CT molecular complexity index is 1380. The number of rotatable bonds is 7. The number of nitrogens with one attached hydrogen (secondary N) is 1. The molecule has 9 nitrogen and oxygen atoms in total. The second-order valence-electron chi connectivity index (χ2n) is 8.42. The topological polar surface area (TPSA) is 112 Å². The zero-order valence-corrected chi connectivity index (χ0v) is 19.9. The van der Waals surface area contributed by atoms with E-state index in [0.717, 1.165) is 16.8 Å². The standard InChI is InChI=1S/C26H25N5O4/c1-16(2)35-26-28-24(19-8-5-17(3)6-9-19)30(29-26)22-13-11-21(12-14-22)27-25(32)20-10-7-18(4)23(15-20)31(33)34/h5-16H,1-4H3,(H,27,32). The first-order valence-corrected chi connectivity index (χ1v) is 11.1. The number of hydrogen-bond acceptors (Lipinski definition) is 6. The average Bonchev–Trinajstić information content (AvgIpc) is 3.23. The van der Waals surface area contributed by atoms with Gasteiger partial charge in [-0.15, -0.1) is 5.10 Å². The summed E-state index contributed by atoms with van der Waals surface area (Å²) in [4.78, 5) is 27.9. The molecule has 0 aliphatic heterocycles. The van der Waals surface area contributed by atoms with E-state index in [4.69, 9.17) is 4.74 Å². The fourth-order valence-electron chi connectivity index (χ4n) is 3.46. The molecule has 178 valence electrons. The number of nitro groups is 1. The van der Waals surface area contributed by atoms with Crippen LogP contribution in [-0.2, 0) is 0 Å². The fraction of sp³-hybridized carbons (Fsp3) is 0.192. The van der Waals surface area contributed by atoms with E-state index in [1.54, 1.807) is 48.0 Å². The lowest BCUT2D eigenvalue weighted by Crippen LogP contribution is -2.12. The molecular weight excluding hydrogens is 446 g/mol. The van der Waals surface area contributed by atoms with Gasteiger partial charge in [0.05, 0.1) is 16.7 Å². The summed E-state index contributed by atoms with van der Waals surface area (Å²) in [7, 11) is 0. The number of aromatic nitrogens is 3. The highest BCUT2D eigenvalue weighted by molar-refractivity contribution is 6.04. The molecule has 3 aromatic carbocycles. The van der Waals surface area contributed by atoms with Gasteiger partial charge in [-0.05, 0) is 58.0 Å². The summed E-state index contributed by atoms with van der Waals surface area (Å²) in [6.45, 7) is 7.47. The highest BCUT2D eigenvalue weighted by Gasteiger charge is 2.17. The molecule has 4 rings (SSSR count). The number of anilines is 1. The molecule has 0 fully saturated rings. The van der Waals surface area contributed by atoms with E-state index in [2.05, 4.69) is 15.4 Å². The number of aryl methyl sites for hydroxylation is 2. The fourth-order valence-corrected chi connectivity index (χ4v) is 3.46. The summed E-state index contributed by atoms with van der Waals surface area (Å²) in [5.74, 6) is 0.193. The molecule has 0 spiro atoms. The third-order valence-corrected chi connectivity index (χ3v) is 5.28. The highest BCUT2D eigenvalue weighted by Crippen LogP contribution is 2.26. The number of carbonyl (C=O) groups excluding carboxylic acids is 1. The molecule has 0 saturated heterocycles. The summed E-state index contributed by atoms with van der Waals surface area (Å²) < 4.78 is 7.41. The predicted octanol–water partition coefficient (Wildman–Crippen LogP) is 5.50. The lowest BCUT2D eigenvalue weighted by atomic mass is 10.1. The molecule has 0 bridgehead atoms. The lowest BCUT2D eigenvalue weighted by Gasteiger charge is -2.09. The van der Waals surface area contributed by atoms with E-state index in [9.17, 15) is 14.9 Å². The number of nitrogens with zero attached hydrogens (tertiary/aromatic N) is 4. The van der Waals surface area contributed by atoms with E-state index >= 15 is 0 Å². The van der Waals surface area contributed by atoms with Gasteiger partial charge < -0.3 is 10.1 Å².